The highest BCUT2D eigenvalue weighted by atomic mass is 19.1. The molecular formula is C28H27FN2O5. The second-order valence-electron chi connectivity index (χ2n) is 8.70. The number of hydrogen-bond donors (Lipinski definition) is 1. The van der Waals surface area contributed by atoms with Gasteiger partial charge >= 0.3 is 0 Å². The normalized spacial score (nSPS) is 16.7. The average Bonchev–Trinajstić information content (AvgIpc) is 3.21. The smallest absolute Gasteiger partial charge is 0.231 e. The molecule has 1 saturated heterocycles. The fourth-order valence-electron chi connectivity index (χ4n) is 4.62. The molecule has 8 heteroatoms. The van der Waals surface area contributed by atoms with Crippen LogP contribution in [0.2, 0.25) is 0 Å². The lowest BCUT2D eigenvalue weighted by molar-refractivity contribution is 0.101. The zero-order valence-corrected chi connectivity index (χ0v) is 20.2. The highest BCUT2D eigenvalue weighted by Crippen LogP contribution is 2.41. The molecule has 0 radical (unpaired) electrons. The summed E-state index contributed by atoms with van der Waals surface area (Å²) < 4.78 is 30.9. The zero-order chi connectivity index (χ0) is 25.2. The van der Waals surface area contributed by atoms with Crippen molar-refractivity contribution in [3.8, 4) is 23.0 Å². The minimum atomic E-state index is -0.263. The van der Waals surface area contributed by atoms with Crippen molar-refractivity contribution in [1.82, 2.24) is 4.90 Å². The Bertz CT molecular complexity index is 1330. The number of carbonyl (C=O) groups excluding carboxylic acids is 1. The van der Waals surface area contributed by atoms with Gasteiger partial charge in [0.15, 0.2) is 5.76 Å². The Labute approximate surface area is 208 Å². The third kappa shape index (κ3) is 4.47. The van der Waals surface area contributed by atoms with E-state index in [4.69, 9.17) is 14.2 Å². The van der Waals surface area contributed by atoms with Crippen LogP contribution < -0.4 is 19.1 Å². The van der Waals surface area contributed by atoms with Crippen LogP contribution in [0, 0.1) is 5.82 Å². The SMILES string of the molecule is COc1ccc(OC)c(/C=C2/Oc3c(ccc(O)c3CN3CCN(c4ccccc4F)CC3)C2=O)c1. The second-order valence-corrected chi connectivity index (χ2v) is 8.70. The summed E-state index contributed by atoms with van der Waals surface area (Å²) in [4.78, 5) is 17.3. The van der Waals surface area contributed by atoms with Gasteiger partial charge in [-0.3, -0.25) is 9.69 Å². The molecule has 0 bridgehead atoms. The van der Waals surface area contributed by atoms with Crippen LogP contribution in [0.4, 0.5) is 10.1 Å². The molecule has 5 rings (SSSR count). The number of phenolic OH excluding ortho intramolecular Hbond substituents is 1. The number of Topliss-reactive ketones (excluding diaryl/α,β-unsaturated/α-hetero) is 1. The van der Waals surface area contributed by atoms with Gasteiger partial charge in [-0.2, -0.15) is 0 Å². The Morgan fingerprint density at radius 2 is 1.81 bits per heavy atom. The van der Waals surface area contributed by atoms with Crippen LogP contribution in [-0.2, 0) is 6.54 Å². The minimum Gasteiger partial charge on any atom is -0.507 e. The topological polar surface area (TPSA) is 71.5 Å². The first-order valence-corrected chi connectivity index (χ1v) is 11.7. The molecule has 1 fully saturated rings. The molecule has 2 heterocycles. The summed E-state index contributed by atoms with van der Waals surface area (Å²) >= 11 is 0. The van der Waals surface area contributed by atoms with E-state index in [0.29, 0.717) is 72.4 Å². The van der Waals surface area contributed by atoms with Crippen LogP contribution in [0.25, 0.3) is 6.08 Å². The van der Waals surface area contributed by atoms with Gasteiger partial charge in [-0.1, -0.05) is 12.1 Å². The number of para-hydroxylation sites is 1. The molecule has 186 valence electrons. The van der Waals surface area contributed by atoms with Crippen molar-refractivity contribution in [2.75, 3.05) is 45.3 Å². The summed E-state index contributed by atoms with van der Waals surface area (Å²) in [7, 11) is 3.12. The van der Waals surface area contributed by atoms with E-state index in [9.17, 15) is 14.3 Å². The van der Waals surface area contributed by atoms with E-state index in [1.807, 2.05) is 11.0 Å². The number of hydrogen-bond acceptors (Lipinski definition) is 7. The first-order valence-electron chi connectivity index (χ1n) is 11.7. The average molecular weight is 491 g/mol. The van der Waals surface area contributed by atoms with Gasteiger partial charge in [-0.25, -0.2) is 4.39 Å². The quantitative estimate of drug-likeness (QED) is 0.511. The number of carbonyl (C=O) groups is 1. The summed E-state index contributed by atoms with van der Waals surface area (Å²) in [5.74, 6) is 1.28. The van der Waals surface area contributed by atoms with Gasteiger partial charge < -0.3 is 24.2 Å². The second kappa shape index (κ2) is 9.91. The van der Waals surface area contributed by atoms with E-state index in [2.05, 4.69) is 4.90 Å². The van der Waals surface area contributed by atoms with Crippen molar-refractivity contribution in [3.63, 3.8) is 0 Å². The molecule has 3 aromatic rings. The number of benzene rings is 3. The standard InChI is InChI=1S/C28H27FN2O5/c1-34-19-7-10-25(35-2)18(15-19)16-26-27(33)20-8-9-24(32)21(28(20)36-26)17-30-11-13-31(14-12-30)23-6-4-3-5-22(23)29/h3-10,15-16,32H,11-14,17H2,1-2H3/b26-16+. The van der Waals surface area contributed by atoms with E-state index < -0.39 is 0 Å². The predicted molar refractivity (Wildman–Crippen MR) is 134 cm³/mol. The highest BCUT2D eigenvalue weighted by molar-refractivity contribution is 6.15. The van der Waals surface area contributed by atoms with Crippen molar-refractivity contribution < 1.29 is 28.5 Å². The molecule has 0 amide bonds. The third-order valence-corrected chi connectivity index (χ3v) is 6.59. The minimum absolute atomic E-state index is 0.0679. The monoisotopic (exact) mass is 490 g/mol. The summed E-state index contributed by atoms with van der Waals surface area (Å²) in [6.45, 7) is 3.06. The van der Waals surface area contributed by atoms with Crippen molar-refractivity contribution >= 4 is 17.5 Å². The molecular weight excluding hydrogens is 463 g/mol. The molecule has 0 aliphatic carbocycles. The molecule has 7 nitrogen and oxygen atoms in total. The molecule has 0 spiro atoms. The number of ether oxygens (including phenoxy) is 3. The molecule has 0 aromatic heterocycles. The summed E-state index contributed by atoms with van der Waals surface area (Å²) in [5.41, 5.74) is 2.20. The van der Waals surface area contributed by atoms with E-state index >= 15 is 0 Å². The Morgan fingerprint density at radius 1 is 1.03 bits per heavy atom. The van der Waals surface area contributed by atoms with Crippen LogP contribution in [0.1, 0.15) is 21.5 Å². The van der Waals surface area contributed by atoms with Gasteiger partial charge in [0.2, 0.25) is 5.78 Å². The number of anilines is 1. The Kier molecular flexibility index (Phi) is 6.52. The van der Waals surface area contributed by atoms with Gasteiger partial charge in [0.05, 0.1) is 31.0 Å². The molecule has 0 unspecified atom stereocenters. The Morgan fingerprint density at radius 3 is 2.53 bits per heavy atom. The van der Waals surface area contributed by atoms with E-state index in [1.54, 1.807) is 56.7 Å². The van der Waals surface area contributed by atoms with Gasteiger partial charge in [0.25, 0.3) is 0 Å². The number of phenols is 1. The number of ketones is 1. The van der Waals surface area contributed by atoms with Crippen molar-refractivity contribution in [2.45, 2.75) is 6.54 Å². The Balaban J connectivity index is 1.36. The first-order chi connectivity index (χ1) is 17.5. The van der Waals surface area contributed by atoms with Gasteiger partial charge in [0.1, 0.15) is 28.8 Å². The summed E-state index contributed by atoms with van der Waals surface area (Å²) in [6.07, 6.45) is 1.62. The molecule has 0 atom stereocenters. The number of nitrogens with zero attached hydrogens (tertiary/aromatic N) is 2. The van der Waals surface area contributed by atoms with Crippen molar-refractivity contribution in [3.05, 3.63) is 82.9 Å². The molecule has 2 aliphatic rings. The van der Waals surface area contributed by atoms with Gasteiger partial charge in [-0.15, -0.1) is 0 Å². The summed E-state index contributed by atoms with van der Waals surface area (Å²) in [6, 6.07) is 15.2. The molecule has 0 saturated carbocycles. The number of allylic oxidation sites excluding steroid dienone is 1. The van der Waals surface area contributed by atoms with Crippen molar-refractivity contribution in [1.29, 1.82) is 0 Å². The van der Waals surface area contributed by atoms with Crippen molar-refractivity contribution in [2.24, 2.45) is 0 Å². The van der Waals surface area contributed by atoms with Gasteiger partial charge in [-0.05, 0) is 48.5 Å². The molecule has 3 aromatic carbocycles. The number of methoxy groups -OCH3 is 2. The summed E-state index contributed by atoms with van der Waals surface area (Å²) in [5, 5.41) is 10.7. The maximum absolute atomic E-state index is 14.2. The van der Waals surface area contributed by atoms with E-state index in [1.165, 1.54) is 12.1 Å². The van der Waals surface area contributed by atoms with Crippen LogP contribution in [-0.4, -0.2) is 56.2 Å². The van der Waals surface area contributed by atoms with Crippen LogP contribution in [0.3, 0.4) is 0 Å². The number of aromatic hydroxyl groups is 1. The van der Waals surface area contributed by atoms with Crippen LogP contribution in [0.5, 0.6) is 23.0 Å². The lowest BCUT2D eigenvalue weighted by Gasteiger charge is -2.36. The van der Waals surface area contributed by atoms with E-state index in [-0.39, 0.29) is 23.1 Å². The number of rotatable bonds is 6. The fraction of sp³-hybridized carbons (Fsp3) is 0.250. The number of halogens is 1. The number of fused-ring (bicyclic) bond motifs is 1. The third-order valence-electron chi connectivity index (χ3n) is 6.59. The maximum Gasteiger partial charge on any atom is 0.231 e. The zero-order valence-electron chi connectivity index (χ0n) is 20.2. The first kappa shape index (κ1) is 23.7. The predicted octanol–water partition coefficient (Wildman–Crippen LogP) is 4.49. The van der Waals surface area contributed by atoms with Gasteiger partial charge in [0, 0.05) is 38.3 Å². The highest BCUT2D eigenvalue weighted by Gasteiger charge is 2.32. The van der Waals surface area contributed by atoms with Crippen LogP contribution >= 0.6 is 0 Å². The molecule has 1 N–H and O–H groups in total. The maximum atomic E-state index is 14.2. The van der Waals surface area contributed by atoms with E-state index in [0.717, 1.165) is 0 Å². The van der Waals surface area contributed by atoms with Crippen LogP contribution in [0.15, 0.2) is 60.4 Å². The lowest BCUT2D eigenvalue weighted by Crippen LogP contribution is -2.46. The molecule has 36 heavy (non-hydrogen) atoms. The largest absolute Gasteiger partial charge is 0.507 e. The fourth-order valence-corrected chi connectivity index (χ4v) is 4.62. The number of piperazine rings is 1. The Hall–Kier alpha value is -4.04. The lowest BCUT2D eigenvalue weighted by atomic mass is 10.0. The molecule has 2 aliphatic heterocycles.